The van der Waals surface area contributed by atoms with Crippen molar-refractivity contribution in [2.24, 2.45) is 17.6 Å². The summed E-state index contributed by atoms with van der Waals surface area (Å²) < 4.78 is 0. The molecule has 0 amide bonds. The number of nitrogens with two attached hydrogens (primary N) is 1. The minimum absolute atomic E-state index is 0.832. The van der Waals surface area contributed by atoms with Crippen LogP contribution in [0.15, 0.2) is 0 Å². The van der Waals surface area contributed by atoms with Gasteiger partial charge in [-0.3, -0.25) is 0 Å². The Kier molecular flexibility index (Phi) is 6.63. The van der Waals surface area contributed by atoms with E-state index in [4.69, 9.17) is 5.73 Å². The lowest BCUT2D eigenvalue weighted by Crippen LogP contribution is -2.24. The topological polar surface area (TPSA) is 26.0 Å². The Morgan fingerprint density at radius 2 is 1.73 bits per heavy atom. The van der Waals surface area contributed by atoms with E-state index in [2.05, 4.69) is 6.92 Å². The zero-order valence-corrected chi connectivity index (χ0v) is 8.27. The SMILES string of the molecule is CC.CC1CCCCC1CN. The van der Waals surface area contributed by atoms with Gasteiger partial charge in [-0.2, -0.15) is 0 Å². The van der Waals surface area contributed by atoms with Gasteiger partial charge in [-0.15, -0.1) is 0 Å². The van der Waals surface area contributed by atoms with E-state index < -0.39 is 0 Å². The average molecular weight is 157 g/mol. The third kappa shape index (κ3) is 3.76. The monoisotopic (exact) mass is 157 g/mol. The number of rotatable bonds is 1. The van der Waals surface area contributed by atoms with Crippen LogP contribution in [-0.4, -0.2) is 6.54 Å². The normalized spacial score (nSPS) is 30.5. The highest BCUT2D eigenvalue weighted by Gasteiger charge is 2.18. The van der Waals surface area contributed by atoms with Gasteiger partial charge in [0, 0.05) is 0 Å². The van der Waals surface area contributed by atoms with Crippen molar-refractivity contribution in [3.63, 3.8) is 0 Å². The lowest BCUT2D eigenvalue weighted by atomic mass is 9.81. The number of hydrogen-bond donors (Lipinski definition) is 1. The van der Waals surface area contributed by atoms with E-state index in [1.54, 1.807) is 0 Å². The molecule has 0 spiro atoms. The maximum absolute atomic E-state index is 5.59. The van der Waals surface area contributed by atoms with Crippen molar-refractivity contribution in [1.29, 1.82) is 0 Å². The second kappa shape index (κ2) is 6.66. The van der Waals surface area contributed by atoms with Gasteiger partial charge in [0.1, 0.15) is 0 Å². The van der Waals surface area contributed by atoms with Crippen LogP contribution in [0.5, 0.6) is 0 Å². The molecule has 1 rings (SSSR count). The summed E-state index contributed by atoms with van der Waals surface area (Å²) in [7, 11) is 0. The highest BCUT2D eigenvalue weighted by atomic mass is 14.6. The Morgan fingerprint density at radius 1 is 1.18 bits per heavy atom. The molecular weight excluding hydrogens is 134 g/mol. The molecule has 1 saturated carbocycles. The van der Waals surface area contributed by atoms with Crippen molar-refractivity contribution in [2.45, 2.75) is 46.5 Å². The molecule has 2 N–H and O–H groups in total. The molecule has 68 valence electrons. The first-order chi connectivity index (χ1) is 5.34. The fourth-order valence-corrected chi connectivity index (χ4v) is 1.74. The molecule has 0 radical (unpaired) electrons. The predicted molar refractivity (Wildman–Crippen MR) is 51.5 cm³/mol. The molecule has 1 fully saturated rings. The summed E-state index contributed by atoms with van der Waals surface area (Å²) >= 11 is 0. The van der Waals surface area contributed by atoms with Gasteiger partial charge in [0.05, 0.1) is 0 Å². The van der Waals surface area contributed by atoms with E-state index in [0.29, 0.717) is 0 Å². The summed E-state index contributed by atoms with van der Waals surface area (Å²) in [6, 6.07) is 0. The third-order valence-corrected chi connectivity index (χ3v) is 2.59. The molecule has 1 aliphatic rings. The summed E-state index contributed by atoms with van der Waals surface area (Å²) in [5.74, 6) is 1.72. The maximum atomic E-state index is 5.59. The Hall–Kier alpha value is -0.0400. The summed E-state index contributed by atoms with van der Waals surface area (Å²) in [5, 5.41) is 0. The van der Waals surface area contributed by atoms with Crippen molar-refractivity contribution >= 4 is 0 Å². The molecule has 0 aliphatic heterocycles. The Morgan fingerprint density at radius 3 is 2.09 bits per heavy atom. The van der Waals surface area contributed by atoms with E-state index in [-0.39, 0.29) is 0 Å². The van der Waals surface area contributed by atoms with Crippen molar-refractivity contribution in [3.05, 3.63) is 0 Å². The van der Waals surface area contributed by atoms with Gasteiger partial charge in [0.15, 0.2) is 0 Å². The van der Waals surface area contributed by atoms with Crippen LogP contribution in [0.1, 0.15) is 46.5 Å². The smallest absolute Gasteiger partial charge is 0.00463 e. The highest BCUT2D eigenvalue weighted by Crippen LogP contribution is 2.28. The maximum Gasteiger partial charge on any atom is -0.00463 e. The van der Waals surface area contributed by atoms with Crippen LogP contribution >= 0.6 is 0 Å². The van der Waals surface area contributed by atoms with E-state index in [1.807, 2.05) is 13.8 Å². The fraction of sp³-hybridized carbons (Fsp3) is 1.00. The average Bonchev–Trinajstić information content (AvgIpc) is 2.09. The molecule has 0 saturated heterocycles. The minimum atomic E-state index is 0.832. The van der Waals surface area contributed by atoms with Crippen LogP contribution in [0.3, 0.4) is 0 Å². The predicted octanol–water partition coefficient (Wildman–Crippen LogP) is 2.80. The van der Waals surface area contributed by atoms with Crippen molar-refractivity contribution in [1.82, 2.24) is 0 Å². The lowest BCUT2D eigenvalue weighted by molar-refractivity contribution is 0.263. The highest BCUT2D eigenvalue weighted by molar-refractivity contribution is 4.72. The molecule has 0 aromatic heterocycles. The molecule has 1 aliphatic carbocycles. The molecular formula is C10H23N. The second-order valence-electron chi connectivity index (χ2n) is 3.26. The first kappa shape index (κ1) is 11.0. The summed E-state index contributed by atoms with van der Waals surface area (Å²) in [6.45, 7) is 7.23. The molecule has 0 aromatic rings. The van der Waals surface area contributed by atoms with Crippen LogP contribution in [0.4, 0.5) is 0 Å². The Bertz CT molecular complexity index is 80.9. The van der Waals surface area contributed by atoms with Crippen LogP contribution < -0.4 is 5.73 Å². The van der Waals surface area contributed by atoms with Crippen LogP contribution in [0, 0.1) is 11.8 Å². The van der Waals surface area contributed by atoms with E-state index in [9.17, 15) is 0 Å². The standard InChI is InChI=1S/C8H17N.C2H6/c1-7-4-2-3-5-8(7)6-9;1-2/h7-8H,2-6,9H2,1H3;1-2H3. The quantitative estimate of drug-likeness (QED) is 0.622. The Balaban J connectivity index is 0.000000461. The van der Waals surface area contributed by atoms with Gasteiger partial charge < -0.3 is 5.73 Å². The van der Waals surface area contributed by atoms with Gasteiger partial charge >= 0.3 is 0 Å². The molecule has 0 bridgehead atoms. The molecule has 11 heavy (non-hydrogen) atoms. The molecule has 0 aromatic carbocycles. The summed E-state index contributed by atoms with van der Waals surface area (Å²) in [4.78, 5) is 0. The van der Waals surface area contributed by atoms with E-state index in [1.165, 1.54) is 25.7 Å². The van der Waals surface area contributed by atoms with Gasteiger partial charge in [-0.1, -0.05) is 40.0 Å². The van der Waals surface area contributed by atoms with Gasteiger partial charge in [0.25, 0.3) is 0 Å². The van der Waals surface area contributed by atoms with Crippen LogP contribution in [0.2, 0.25) is 0 Å². The zero-order valence-electron chi connectivity index (χ0n) is 8.27. The largest absolute Gasteiger partial charge is 0.330 e. The fourth-order valence-electron chi connectivity index (χ4n) is 1.74. The molecule has 1 heteroatoms. The molecule has 0 heterocycles. The number of hydrogen-bond acceptors (Lipinski definition) is 1. The first-order valence-electron chi connectivity index (χ1n) is 5.04. The minimum Gasteiger partial charge on any atom is -0.330 e. The molecule has 2 unspecified atom stereocenters. The van der Waals surface area contributed by atoms with Crippen molar-refractivity contribution in [3.8, 4) is 0 Å². The van der Waals surface area contributed by atoms with Crippen LogP contribution in [-0.2, 0) is 0 Å². The van der Waals surface area contributed by atoms with E-state index >= 15 is 0 Å². The van der Waals surface area contributed by atoms with Crippen molar-refractivity contribution in [2.75, 3.05) is 6.54 Å². The van der Waals surface area contributed by atoms with Gasteiger partial charge in [0.2, 0.25) is 0 Å². The van der Waals surface area contributed by atoms with E-state index in [0.717, 1.165) is 18.4 Å². The Labute approximate surface area is 71.4 Å². The first-order valence-corrected chi connectivity index (χ1v) is 5.04. The van der Waals surface area contributed by atoms with Crippen molar-refractivity contribution < 1.29 is 0 Å². The van der Waals surface area contributed by atoms with Gasteiger partial charge in [-0.25, -0.2) is 0 Å². The third-order valence-electron chi connectivity index (χ3n) is 2.59. The van der Waals surface area contributed by atoms with Crippen LogP contribution in [0.25, 0.3) is 0 Å². The molecule has 2 atom stereocenters. The zero-order chi connectivity index (χ0) is 8.69. The second-order valence-corrected chi connectivity index (χ2v) is 3.26. The summed E-state index contributed by atoms with van der Waals surface area (Å²) in [6.07, 6.45) is 5.61. The summed E-state index contributed by atoms with van der Waals surface area (Å²) in [5.41, 5.74) is 5.59. The van der Waals surface area contributed by atoms with Gasteiger partial charge in [-0.05, 0) is 24.8 Å². The lowest BCUT2D eigenvalue weighted by Gasteiger charge is -2.27. The molecule has 1 nitrogen and oxygen atoms in total.